The summed E-state index contributed by atoms with van der Waals surface area (Å²) < 4.78 is 0. The Hall–Kier alpha value is 0.150. The molecule has 0 aliphatic heterocycles. The number of hydrogen-bond acceptors (Lipinski definition) is 1. The van der Waals surface area contributed by atoms with Crippen molar-refractivity contribution in [3.8, 4) is 0 Å². The van der Waals surface area contributed by atoms with Gasteiger partial charge < -0.3 is 0 Å². The van der Waals surface area contributed by atoms with Crippen LogP contribution >= 0.6 is 15.9 Å². The minimum Gasteiger partial charge on any atom is -0.298 e. The fourth-order valence-corrected chi connectivity index (χ4v) is 2.85. The van der Waals surface area contributed by atoms with Gasteiger partial charge in [-0.05, 0) is 25.2 Å². The number of ketones is 1. The maximum atomic E-state index is 11.1. The van der Waals surface area contributed by atoms with Crippen LogP contribution in [0.2, 0.25) is 0 Å². The summed E-state index contributed by atoms with van der Waals surface area (Å²) in [5.74, 6) is 1.58. The Morgan fingerprint density at radius 2 is 2.22 bits per heavy atom. The van der Waals surface area contributed by atoms with E-state index in [1.54, 1.807) is 0 Å². The summed E-state index contributed by atoms with van der Waals surface area (Å²) in [5.41, 5.74) is 0. The van der Waals surface area contributed by atoms with Crippen LogP contribution in [0.5, 0.6) is 0 Å². The summed E-state index contributed by atoms with van der Waals surface area (Å²) >= 11 is 3.41. The van der Waals surface area contributed by atoms with Gasteiger partial charge in [-0.2, -0.15) is 0 Å². The molecule has 0 aromatic heterocycles. The lowest BCUT2D eigenvalue weighted by atomic mass is 10.00. The van der Waals surface area contributed by atoms with E-state index in [0.717, 1.165) is 12.8 Å². The Bertz CT molecular complexity index is 151. The molecule has 0 radical (unpaired) electrons. The average Bonchev–Trinajstić information content (AvgIpc) is 2.37. The van der Waals surface area contributed by atoms with Crippen LogP contribution in [0.25, 0.3) is 0 Å². The second-order valence-electron chi connectivity index (χ2n) is 3.07. The highest BCUT2D eigenvalue weighted by Crippen LogP contribution is 2.45. The molecule has 50 valence electrons. The van der Waals surface area contributed by atoms with Crippen LogP contribution in [0.4, 0.5) is 0 Å². The largest absolute Gasteiger partial charge is 0.298 e. The van der Waals surface area contributed by atoms with Gasteiger partial charge >= 0.3 is 0 Å². The molecule has 2 heteroatoms. The third-order valence-corrected chi connectivity index (χ3v) is 3.76. The lowest BCUT2D eigenvalue weighted by molar-refractivity contribution is -0.121. The molecule has 0 amide bonds. The first-order valence-electron chi connectivity index (χ1n) is 3.47. The van der Waals surface area contributed by atoms with Crippen LogP contribution < -0.4 is 0 Å². The van der Waals surface area contributed by atoms with Crippen molar-refractivity contribution in [3.05, 3.63) is 0 Å². The first-order chi connectivity index (χ1) is 4.29. The van der Waals surface area contributed by atoms with E-state index in [1.165, 1.54) is 6.42 Å². The Kier molecular flexibility index (Phi) is 1.19. The zero-order valence-corrected chi connectivity index (χ0v) is 6.73. The van der Waals surface area contributed by atoms with Gasteiger partial charge in [-0.1, -0.05) is 15.9 Å². The molecule has 0 saturated heterocycles. The van der Waals surface area contributed by atoms with Gasteiger partial charge in [-0.25, -0.2) is 0 Å². The maximum Gasteiger partial charge on any atom is 0.149 e. The standard InChI is InChI=1S/C7H9BrO/c8-6-4-1-2-5(3-4)7(6)9/h4-6H,1-3H2/t4-,5-,6-/m0/s1. The number of carbonyl (C=O) groups is 1. The normalized spacial score (nSPS) is 48.6. The van der Waals surface area contributed by atoms with Gasteiger partial charge in [0.05, 0.1) is 4.83 Å². The molecule has 0 spiro atoms. The predicted octanol–water partition coefficient (Wildman–Crippen LogP) is 1.75. The Balaban J connectivity index is 2.25. The van der Waals surface area contributed by atoms with E-state index in [1.807, 2.05) is 0 Å². The van der Waals surface area contributed by atoms with E-state index in [0.29, 0.717) is 17.6 Å². The topological polar surface area (TPSA) is 17.1 Å². The lowest BCUT2D eigenvalue weighted by Crippen LogP contribution is -2.21. The van der Waals surface area contributed by atoms with Crippen LogP contribution in [0.15, 0.2) is 0 Å². The van der Waals surface area contributed by atoms with Crippen molar-refractivity contribution in [3.63, 3.8) is 0 Å². The van der Waals surface area contributed by atoms with Crippen LogP contribution in [0, 0.1) is 11.8 Å². The zero-order chi connectivity index (χ0) is 6.43. The summed E-state index contributed by atoms with van der Waals surface area (Å²) in [5, 5.41) is 0. The van der Waals surface area contributed by atoms with E-state index in [-0.39, 0.29) is 4.83 Å². The highest BCUT2D eigenvalue weighted by atomic mass is 79.9. The molecule has 2 bridgehead atoms. The number of rotatable bonds is 0. The summed E-state index contributed by atoms with van der Waals surface area (Å²) in [6.07, 6.45) is 3.59. The zero-order valence-electron chi connectivity index (χ0n) is 5.14. The van der Waals surface area contributed by atoms with Crippen molar-refractivity contribution >= 4 is 21.7 Å². The highest BCUT2D eigenvalue weighted by Gasteiger charge is 2.45. The molecule has 2 saturated carbocycles. The van der Waals surface area contributed by atoms with E-state index >= 15 is 0 Å². The molecular formula is C7H9BrO. The molecule has 9 heavy (non-hydrogen) atoms. The van der Waals surface area contributed by atoms with Crippen molar-refractivity contribution in [2.24, 2.45) is 11.8 Å². The first kappa shape index (κ1) is 5.90. The van der Waals surface area contributed by atoms with Gasteiger partial charge in [0.25, 0.3) is 0 Å². The third-order valence-electron chi connectivity index (χ3n) is 2.56. The average molecular weight is 189 g/mol. The van der Waals surface area contributed by atoms with Crippen LogP contribution in [-0.2, 0) is 4.79 Å². The quantitative estimate of drug-likeness (QED) is 0.530. The number of carbonyl (C=O) groups excluding carboxylic acids is 1. The molecule has 0 aromatic rings. The number of fused-ring (bicyclic) bond motifs is 2. The second kappa shape index (κ2) is 1.82. The third kappa shape index (κ3) is 0.689. The molecule has 0 aromatic carbocycles. The van der Waals surface area contributed by atoms with Crippen LogP contribution in [0.3, 0.4) is 0 Å². The molecular weight excluding hydrogens is 180 g/mol. The van der Waals surface area contributed by atoms with Crippen molar-refractivity contribution in [1.29, 1.82) is 0 Å². The monoisotopic (exact) mass is 188 g/mol. The molecule has 1 nitrogen and oxygen atoms in total. The van der Waals surface area contributed by atoms with E-state index in [9.17, 15) is 4.79 Å². The minimum absolute atomic E-state index is 0.219. The van der Waals surface area contributed by atoms with Gasteiger partial charge in [0.1, 0.15) is 5.78 Å². The molecule has 2 rings (SSSR count). The molecule has 2 fully saturated rings. The molecule has 0 N–H and O–H groups in total. The van der Waals surface area contributed by atoms with Gasteiger partial charge in [0.2, 0.25) is 0 Å². The van der Waals surface area contributed by atoms with Gasteiger partial charge in [-0.15, -0.1) is 0 Å². The van der Waals surface area contributed by atoms with Gasteiger partial charge in [-0.3, -0.25) is 4.79 Å². The van der Waals surface area contributed by atoms with Crippen molar-refractivity contribution in [1.82, 2.24) is 0 Å². The fraction of sp³-hybridized carbons (Fsp3) is 0.857. The van der Waals surface area contributed by atoms with Crippen LogP contribution in [0.1, 0.15) is 19.3 Å². The Morgan fingerprint density at radius 3 is 2.56 bits per heavy atom. The maximum absolute atomic E-state index is 11.1. The number of hydrogen-bond donors (Lipinski definition) is 0. The molecule has 0 unspecified atom stereocenters. The summed E-state index contributed by atoms with van der Waals surface area (Å²) in [6, 6.07) is 0. The lowest BCUT2D eigenvalue weighted by Gasteiger charge is -2.12. The first-order valence-corrected chi connectivity index (χ1v) is 4.38. The van der Waals surface area contributed by atoms with E-state index in [2.05, 4.69) is 15.9 Å². The predicted molar refractivity (Wildman–Crippen MR) is 38.6 cm³/mol. The fourth-order valence-electron chi connectivity index (χ4n) is 2.00. The number of Topliss-reactive ketones (excluding diaryl/α,β-unsaturated/α-hetero) is 1. The number of alkyl halides is 1. The number of halogens is 1. The molecule has 2 aliphatic rings. The summed E-state index contributed by atoms with van der Waals surface area (Å²) in [7, 11) is 0. The van der Waals surface area contributed by atoms with Gasteiger partial charge in [0, 0.05) is 5.92 Å². The molecule has 3 atom stereocenters. The Morgan fingerprint density at radius 1 is 1.44 bits per heavy atom. The van der Waals surface area contributed by atoms with E-state index in [4.69, 9.17) is 0 Å². The second-order valence-corrected chi connectivity index (χ2v) is 4.06. The SMILES string of the molecule is O=C1[C@H]2CC[C@@H](C2)[C@@H]1Br. The summed E-state index contributed by atoms with van der Waals surface area (Å²) in [6.45, 7) is 0. The molecule has 0 heterocycles. The minimum atomic E-state index is 0.219. The van der Waals surface area contributed by atoms with Crippen LogP contribution in [-0.4, -0.2) is 10.6 Å². The highest BCUT2D eigenvalue weighted by molar-refractivity contribution is 9.10. The molecule has 2 aliphatic carbocycles. The van der Waals surface area contributed by atoms with Crippen molar-refractivity contribution in [2.75, 3.05) is 0 Å². The smallest absolute Gasteiger partial charge is 0.149 e. The summed E-state index contributed by atoms with van der Waals surface area (Å²) in [4.78, 5) is 11.3. The van der Waals surface area contributed by atoms with Crippen molar-refractivity contribution in [2.45, 2.75) is 24.1 Å². The van der Waals surface area contributed by atoms with Gasteiger partial charge in [0.15, 0.2) is 0 Å². The van der Waals surface area contributed by atoms with E-state index < -0.39 is 0 Å². The Labute approximate surface area is 62.9 Å². The van der Waals surface area contributed by atoms with Crippen molar-refractivity contribution < 1.29 is 4.79 Å².